The normalized spacial score (nSPS) is 10.1. The first-order valence-electron chi connectivity index (χ1n) is 4.64. The molecule has 0 aliphatic rings. The average Bonchev–Trinajstić information content (AvgIpc) is 2.59. The van der Waals surface area contributed by atoms with Gasteiger partial charge in [0.05, 0.1) is 6.26 Å². The van der Waals surface area contributed by atoms with Gasteiger partial charge in [0.2, 0.25) is 0 Å². The van der Waals surface area contributed by atoms with Crippen LogP contribution in [0.5, 0.6) is 0 Å². The van der Waals surface area contributed by atoms with Gasteiger partial charge in [0, 0.05) is 12.1 Å². The van der Waals surface area contributed by atoms with E-state index in [-0.39, 0.29) is 5.91 Å². The molecule has 0 spiro atoms. The number of aryl methyl sites for hydroxylation is 1. The first kappa shape index (κ1) is 11.6. The third-order valence-electron chi connectivity index (χ3n) is 1.91. The number of rotatable bonds is 5. The maximum Gasteiger partial charge on any atom is 0.287 e. The van der Waals surface area contributed by atoms with Crippen LogP contribution in [0.25, 0.3) is 0 Å². The van der Waals surface area contributed by atoms with Gasteiger partial charge in [-0.2, -0.15) is 0 Å². The molecule has 1 aromatic rings. The van der Waals surface area contributed by atoms with Crippen LogP contribution in [0.2, 0.25) is 0 Å². The first-order valence-corrected chi connectivity index (χ1v) is 6.16. The van der Waals surface area contributed by atoms with E-state index >= 15 is 0 Å². The highest BCUT2D eigenvalue weighted by Crippen LogP contribution is 2.07. The summed E-state index contributed by atoms with van der Waals surface area (Å²) in [6.45, 7) is 2.59. The van der Waals surface area contributed by atoms with Crippen LogP contribution in [-0.2, 0) is 0 Å². The van der Waals surface area contributed by atoms with Crippen molar-refractivity contribution in [1.82, 2.24) is 5.32 Å². The number of furan rings is 1. The van der Waals surface area contributed by atoms with Gasteiger partial charge in [-0.3, -0.25) is 4.79 Å². The molecule has 0 aromatic carbocycles. The van der Waals surface area contributed by atoms with Crippen LogP contribution >= 0.6 is 22.6 Å². The van der Waals surface area contributed by atoms with Crippen LogP contribution in [0.1, 0.15) is 29.0 Å². The molecule has 0 radical (unpaired) electrons. The first-order chi connectivity index (χ1) is 6.75. The van der Waals surface area contributed by atoms with Gasteiger partial charge in [0.1, 0.15) is 0 Å². The lowest BCUT2D eigenvalue weighted by Crippen LogP contribution is -2.24. The van der Waals surface area contributed by atoms with Gasteiger partial charge in [-0.05, 0) is 30.3 Å². The van der Waals surface area contributed by atoms with Crippen molar-refractivity contribution in [2.45, 2.75) is 19.8 Å². The number of unbranched alkanes of at least 4 members (excludes halogenated alkanes) is 1. The molecule has 3 nitrogen and oxygen atoms in total. The van der Waals surface area contributed by atoms with E-state index in [1.807, 2.05) is 6.92 Å². The minimum atomic E-state index is -0.110. The van der Waals surface area contributed by atoms with Gasteiger partial charge in [-0.1, -0.05) is 22.6 Å². The molecule has 1 amide bonds. The quantitative estimate of drug-likeness (QED) is 0.516. The smallest absolute Gasteiger partial charge is 0.287 e. The van der Waals surface area contributed by atoms with E-state index in [2.05, 4.69) is 27.9 Å². The van der Waals surface area contributed by atoms with E-state index in [0.29, 0.717) is 5.76 Å². The van der Waals surface area contributed by atoms with Gasteiger partial charge in [-0.15, -0.1) is 0 Å². The highest BCUT2D eigenvalue weighted by molar-refractivity contribution is 14.1. The largest absolute Gasteiger partial charge is 0.459 e. The van der Waals surface area contributed by atoms with Crippen LogP contribution in [0, 0.1) is 6.92 Å². The summed E-state index contributed by atoms with van der Waals surface area (Å²) in [5, 5.41) is 2.82. The number of hydrogen-bond donors (Lipinski definition) is 1. The Kier molecular flexibility index (Phi) is 5.00. The average molecular weight is 307 g/mol. The molecule has 0 bridgehead atoms. The van der Waals surface area contributed by atoms with E-state index in [1.54, 1.807) is 6.07 Å². The molecule has 0 saturated heterocycles. The van der Waals surface area contributed by atoms with Gasteiger partial charge >= 0.3 is 0 Å². The zero-order chi connectivity index (χ0) is 10.4. The molecule has 1 N–H and O–H groups in total. The van der Waals surface area contributed by atoms with Crippen molar-refractivity contribution in [3.05, 3.63) is 23.7 Å². The fourth-order valence-corrected chi connectivity index (χ4v) is 1.65. The summed E-state index contributed by atoms with van der Waals surface area (Å²) in [6.07, 6.45) is 3.70. The minimum absolute atomic E-state index is 0.110. The second-order valence-corrected chi connectivity index (χ2v) is 4.16. The maximum absolute atomic E-state index is 11.5. The van der Waals surface area contributed by atoms with E-state index < -0.39 is 0 Å². The summed E-state index contributed by atoms with van der Waals surface area (Å²) in [4.78, 5) is 11.5. The number of carbonyl (C=O) groups is 1. The predicted octanol–water partition coefficient (Wildman–Crippen LogP) is 2.53. The molecule has 1 heterocycles. The Balaban J connectivity index is 2.32. The van der Waals surface area contributed by atoms with E-state index in [1.165, 1.54) is 6.26 Å². The highest BCUT2D eigenvalue weighted by Gasteiger charge is 2.10. The van der Waals surface area contributed by atoms with Crippen molar-refractivity contribution >= 4 is 28.5 Å². The Bertz CT molecular complexity index is 296. The summed E-state index contributed by atoms with van der Waals surface area (Å²) >= 11 is 2.33. The fraction of sp³-hybridized carbons (Fsp3) is 0.500. The zero-order valence-electron chi connectivity index (χ0n) is 8.18. The molecular formula is C10H14INO2. The number of nitrogens with one attached hydrogen (secondary N) is 1. The number of hydrogen-bond acceptors (Lipinski definition) is 2. The molecule has 0 unspecified atom stereocenters. The summed E-state index contributed by atoms with van der Waals surface area (Å²) in [5.74, 6) is 0.320. The van der Waals surface area contributed by atoms with E-state index in [0.717, 1.165) is 29.4 Å². The minimum Gasteiger partial charge on any atom is -0.459 e. The van der Waals surface area contributed by atoms with E-state index in [9.17, 15) is 4.79 Å². The molecule has 0 saturated carbocycles. The lowest BCUT2D eigenvalue weighted by molar-refractivity contribution is 0.0924. The number of amides is 1. The monoisotopic (exact) mass is 307 g/mol. The van der Waals surface area contributed by atoms with Crippen molar-refractivity contribution in [3.8, 4) is 0 Å². The Morgan fingerprint density at radius 3 is 2.93 bits per heavy atom. The molecule has 0 atom stereocenters. The van der Waals surface area contributed by atoms with Crippen molar-refractivity contribution in [2.75, 3.05) is 11.0 Å². The van der Waals surface area contributed by atoms with Crippen molar-refractivity contribution in [1.29, 1.82) is 0 Å². The topological polar surface area (TPSA) is 42.2 Å². The second kappa shape index (κ2) is 6.06. The van der Waals surface area contributed by atoms with Gasteiger partial charge in [0.15, 0.2) is 5.76 Å². The Labute approximate surface area is 97.4 Å². The molecule has 1 aromatic heterocycles. The predicted molar refractivity (Wildman–Crippen MR) is 63.9 cm³/mol. The fourth-order valence-electron chi connectivity index (χ4n) is 1.11. The summed E-state index contributed by atoms with van der Waals surface area (Å²) in [7, 11) is 0. The van der Waals surface area contributed by atoms with Gasteiger partial charge in [-0.25, -0.2) is 0 Å². The van der Waals surface area contributed by atoms with Crippen LogP contribution in [-0.4, -0.2) is 16.9 Å². The number of carbonyl (C=O) groups excluding carboxylic acids is 1. The Morgan fingerprint density at radius 1 is 1.57 bits per heavy atom. The lowest BCUT2D eigenvalue weighted by atomic mass is 10.2. The van der Waals surface area contributed by atoms with Crippen LogP contribution in [0.4, 0.5) is 0 Å². The Morgan fingerprint density at radius 2 is 2.36 bits per heavy atom. The highest BCUT2D eigenvalue weighted by atomic mass is 127. The van der Waals surface area contributed by atoms with Crippen LogP contribution in [0.15, 0.2) is 16.7 Å². The van der Waals surface area contributed by atoms with E-state index in [4.69, 9.17) is 4.42 Å². The molecular weight excluding hydrogens is 293 g/mol. The molecule has 1 rings (SSSR count). The lowest BCUT2D eigenvalue weighted by Gasteiger charge is -2.02. The van der Waals surface area contributed by atoms with Gasteiger partial charge in [0.25, 0.3) is 5.91 Å². The Hall–Kier alpha value is -0.520. The maximum atomic E-state index is 11.5. The molecule has 0 fully saturated rings. The second-order valence-electron chi connectivity index (χ2n) is 3.08. The third kappa shape index (κ3) is 3.32. The molecule has 4 heteroatoms. The number of alkyl halides is 1. The molecule has 0 aliphatic carbocycles. The molecule has 14 heavy (non-hydrogen) atoms. The molecule has 78 valence electrons. The molecule has 0 aliphatic heterocycles. The summed E-state index contributed by atoms with van der Waals surface area (Å²) in [6, 6.07) is 1.79. The SMILES string of the molecule is Cc1ccoc1C(=O)NCCCCI. The van der Waals surface area contributed by atoms with Crippen molar-refractivity contribution in [3.63, 3.8) is 0 Å². The number of halogens is 1. The summed E-state index contributed by atoms with van der Waals surface area (Å²) < 4.78 is 6.20. The van der Waals surface area contributed by atoms with Crippen molar-refractivity contribution < 1.29 is 9.21 Å². The van der Waals surface area contributed by atoms with Crippen LogP contribution in [0.3, 0.4) is 0 Å². The summed E-state index contributed by atoms with van der Waals surface area (Å²) in [5.41, 5.74) is 0.886. The standard InChI is InChI=1S/C10H14INO2/c1-8-4-7-14-9(8)10(13)12-6-3-2-5-11/h4,7H,2-3,5-6H2,1H3,(H,12,13). The zero-order valence-corrected chi connectivity index (χ0v) is 10.3. The van der Waals surface area contributed by atoms with Crippen molar-refractivity contribution in [2.24, 2.45) is 0 Å². The van der Waals surface area contributed by atoms with Crippen LogP contribution < -0.4 is 5.32 Å². The van der Waals surface area contributed by atoms with Gasteiger partial charge < -0.3 is 9.73 Å². The third-order valence-corrected chi connectivity index (χ3v) is 2.68.